The number of methoxy groups -OCH3 is 1. The van der Waals surface area contributed by atoms with Crippen LogP contribution < -0.4 is 15.5 Å². The van der Waals surface area contributed by atoms with Gasteiger partial charge in [0.25, 0.3) is 0 Å². The molecule has 1 aliphatic rings. The van der Waals surface area contributed by atoms with E-state index in [0.717, 1.165) is 47.7 Å². The van der Waals surface area contributed by atoms with E-state index in [1.165, 1.54) is 19.2 Å². The second-order valence-corrected chi connectivity index (χ2v) is 9.67. The topological polar surface area (TPSA) is 121 Å². The monoisotopic (exact) mass is 521 g/mol. The number of nitroso groups, excluding NO2 is 1. The molecule has 36 heavy (non-hydrogen) atoms. The molecule has 0 saturated heterocycles. The number of nitrogens with zero attached hydrogens (tertiary/aromatic N) is 2. The van der Waals surface area contributed by atoms with Crippen LogP contribution in [-0.4, -0.2) is 41.7 Å². The van der Waals surface area contributed by atoms with Crippen molar-refractivity contribution in [1.29, 1.82) is 0 Å². The number of fused-ring (bicyclic) bond motifs is 1. The summed E-state index contributed by atoms with van der Waals surface area (Å²) >= 11 is 5.46. The number of rotatable bonds is 7. The molecule has 198 valence electrons. The van der Waals surface area contributed by atoms with E-state index >= 15 is 0 Å². The number of halogens is 1. The average molecular weight is 522 g/mol. The van der Waals surface area contributed by atoms with Crippen LogP contribution in [0.25, 0.3) is 11.0 Å². The molecule has 0 unspecified atom stereocenters. The van der Waals surface area contributed by atoms with E-state index in [0.29, 0.717) is 23.5 Å². The molecule has 2 aromatic rings. The van der Waals surface area contributed by atoms with Crippen molar-refractivity contribution in [2.24, 2.45) is 11.2 Å². The quantitative estimate of drug-likeness (QED) is 0.205. The number of hydrogen-bond donors (Lipinski definition) is 2. The molecule has 0 atom stereocenters. The average Bonchev–Trinajstić information content (AvgIpc) is 2.82. The highest BCUT2D eigenvalue weighted by Crippen LogP contribution is 2.34. The Hall–Kier alpha value is -3.07. The number of benzene rings is 1. The molecule has 0 radical (unpaired) electrons. The van der Waals surface area contributed by atoms with Crippen LogP contribution in [0.5, 0.6) is 11.5 Å². The summed E-state index contributed by atoms with van der Waals surface area (Å²) in [6.07, 6.45) is 6.79. The van der Waals surface area contributed by atoms with Crippen LogP contribution in [0.3, 0.4) is 0 Å². The third kappa shape index (κ3) is 7.98. The fraction of sp³-hybridized carbons (Fsp3) is 0.538. The number of nitrogens with one attached hydrogen (secondary N) is 1. The molecule has 0 aliphatic heterocycles. The Balaban J connectivity index is 0.000000261. The largest absolute Gasteiger partial charge is 0.507 e. The Morgan fingerprint density at radius 1 is 1.31 bits per heavy atom. The van der Waals surface area contributed by atoms with Crippen molar-refractivity contribution in [3.8, 4) is 11.5 Å². The van der Waals surface area contributed by atoms with Gasteiger partial charge in [0.05, 0.1) is 18.9 Å². The lowest BCUT2D eigenvalue weighted by Crippen LogP contribution is -2.44. The number of carbonyl (C=O) groups is 1. The minimum Gasteiger partial charge on any atom is -0.507 e. The van der Waals surface area contributed by atoms with Gasteiger partial charge in [0, 0.05) is 29.6 Å². The van der Waals surface area contributed by atoms with Crippen LogP contribution in [0.2, 0.25) is 0 Å². The number of hydrogen-bond acceptors (Lipinski definition) is 7. The van der Waals surface area contributed by atoms with E-state index in [-0.39, 0.29) is 35.0 Å². The van der Waals surface area contributed by atoms with Gasteiger partial charge in [0.15, 0.2) is 5.43 Å². The van der Waals surface area contributed by atoms with E-state index in [4.69, 9.17) is 20.8 Å². The summed E-state index contributed by atoms with van der Waals surface area (Å²) in [4.78, 5) is 34.0. The predicted molar refractivity (Wildman–Crippen MR) is 142 cm³/mol. The van der Waals surface area contributed by atoms with Gasteiger partial charge in [-0.05, 0) is 58.8 Å². The number of aromatic hydroxyl groups is 1. The van der Waals surface area contributed by atoms with Crippen molar-refractivity contribution in [2.45, 2.75) is 65.8 Å². The summed E-state index contributed by atoms with van der Waals surface area (Å²) in [5.74, 6) is 1.85. The molecular weight excluding hydrogens is 486 g/mol. The van der Waals surface area contributed by atoms with Gasteiger partial charge < -0.3 is 19.6 Å². The first kappa shape index (κ1) is 29.2. The Morgan fingerprint density at radius 2 is 1.97 bits per heavy atom. The van der Waals surface area contributed by atoms with Gasteiger partial charge in [0.1, 0.15) is 28.2 Å². The van der Waals surface area contributed by atoms with Crippen molar-refractivity contribution in [3.05, 3.63) is 50.2 Å². The lowest BCUT2D eigenvalue weighted by molar-refractivity contribution is 0.191. The van der Waals surface area contributed by atoms with Crippen LogP contribution in [0.4, 0.5) is 4.79 Å². The number of ether oxygens (including phenoxy) is 1. The molecule has 0 spiro atoms. The van der Waals surface area contributed by atoms with Crippen molar-refractivity contribution < 1.29 is 19.1 Å². The second-order valence-electron chi connectivity index (χ2n) is 9.29. The molecular formula is C26H36ClN3O6. The van der Waals surface area contributed by atoms with Crippen LogP contribution in [0, 0.1) is 17.7 Å². The van der Waals surface area contributed by atoms with Crippen molar-refractivity contribution in [1.82, 2.24) is 10.3 Å². The molecule has 9 nitrogen and oxygen atoms in total. The van der Waals surface area contributed by atoms with E-state index < -0.39 is 6.03 Å². The zero-order valence-corrected chi connectivity index (χ0v) is 22.4. The lowest BCUT2D eigenvalue weighted by atomic mass is 9.87. The molecule has 1 aliphatic carbocycles. The highest BCUT2D eigenvalue weighted by Gasteiger charge is 2.22. The summed E-state index contributed by atoms with van der Waals surface area (Å²) in [6, 6.07) is 2.57. The van der Waals surface area contributed by atoms with Crippen molar-refractivity contribution >= 4 is 28.6 Å². The predicted octanol–water partition coefficient (Wildman–Crippen LogP) is 5.82. The molecule has 1 saturated carbocycles. The Labute approximate surface area is 216 Å². The maximum absolute atomic E-state index is 12.0. The number of phenolic OH excluding ortho intramolecular Hbond substituents is 1. The fourth-order valence-electron chi connectivity index (χ4n) is 4.06. The molecule has 1 aromatic heterocycles. The summed E-state index contributed by atoms with van der Waals surface area (Å²) in [7, 11) is 1.53. The Morgan fingerprint density at radius 3 is 2.53 bits per heavy atom. The normalized spacial score (nSPS) is 16.9. The SMILES string of the molecule is CC1CCC(NC(=O)N(CCCl)N=O)CC1.COc1cc(O)c2c(=O)cc(C)oc2c1CC=C(C)C. The molecule has 1 fully saturated rings. The van der Waals surface area contributed by atoms with Crippen molar-refractivity contribution in [3.63, 3.8) is 0 Å². The zero-order valence-electron chi connectivity index (χ0n) is 21.6. The summed E-state index contributed by atoms with van der Waals surface area (Å²) in [5, 5.41) is 16.5. The van der Waals surface area contributed by atoms with Crippen molar-refractivity contribution in [2.75, 3.05) is 19.5 Å². The summed E-state index contributed by atoms with van der Waals surface area (Å²) in [5.41, 5.74) is 2.07. The first-order valence-corrected chi connectivity index (χ1v) is 12.6. The maximum atomic E-state index is 12.0. The highest BCUT2D eigenvalue weighted by atomic mass is 35.5. The van der Waals surface area contributed by atoms with Crippen LogP contribution in [-0.2, 0) is 6.42 Å². The van der Waals surface area contributed by atoms with Gasteiger partial charge in [-0.25, -0.2) is 4.79 Å². The number of phenols is 1. The standard InChI is InChI=1S/C16H18O4.C10H18ClN3O2/c1-9(2)5-6-11-14(19-4)8-13(18)15-12(17)7-10(3)20-16(11)15;1-8-2-4-9(5-3-8)12-10(15)14(13-16)7-6-11/h5,7-8,18H,6H2,1-4H3;8-9H,2-7H2,1H3,(H,12,15). The fourth-order valence-corrected chi connectivity index (χ4v) is 4.22. The minimum atomic E-state index is -0.435. The third-order valence-corrected chi connectivity index (χ3v) is 6.24. The van der Waals surface area contributed by atoms with E-state index in [2.05, 4.69) is 17.5 Å². The molecule has 2 amide bonds. The summed E-state index contributed by atoms with van der Waals surface area (Å²) in [6.45, 7) is 8.07. The number of carbonyl (C=O) groups excluding carboxylic acids is 1. The van der Waals surface area contributed by atoms with Crippen LogP contribution in [0.1, 0.15) is 57.8 Å². The van der Waals surface area contributed by atoms with Crippen LogP contribution >= 0.6 is 11.6 Å². The van der Waals surface area contributed by atoms with Gasteiger partial charge in [-0.1, -0.05) is 18.6 Å². The molecule has 0 bridgehead atoms. The van der Waals surface area contributed by atoms with Gasteiger partial charge in [-0.2, -0.15) is 5.01 Å². The zero-order chi connectivity index (χ0) is 26.8. The summed E-state index contributed by atoms with van der Waals surface area (Å²) < 4.78 is 11.0. The highest BCUT2D eigenvalue weighted by molar-refractivity contribution is 6.18. The molecule has 3 rings (SSSR count). The smallest absolute Gasteiger partial charge is 0.340 e. The van der Waals surface area contributed by atoms with Gasteiger partial charge in [-0.15, -0.1) is 16.5 Å². The molecule has 1 aromatic carbocycles. The van der Waals surface area contributed by atoms with Crippen LogP contribution in [0.15, 0.2) is 38.3 Å². The number of urea groups is 1. The number of amides is 2. The number of alkyl halides is 1. The van der Waals surface area contributed by atoms with E-state index in [1.807, 2.05) is 19.9 Å². The van der Waals surface area contributed by atoms with Gasteiger partial charge in [-0.3, -0.25) is 4.79 Å². The molecule has 1 heterocycles. The number of aryl methyl sites for hydroxylation is 1. The first-order chi connectivity index (χ1) is 17.1. The van der Waals surface area contributed by atoms with Gasteiger partial charge >= 0.3 is 6.03 Å². The molecule has 10 heteroatoms. The Kier molecular flexibility index (Phi) is 11.2. The minimum absolute atomic E-state index is 0.119. The lowest BCUT2D eigenvalue weighted by Gasteiger charge is -2.27. The first-order valence-electron chi connectivity index (χ1n) is 12.0. The Bertz CT molecular complexity index is 1130. The van der Waals surface area contributed by atoms with Gasteiger partial charge in [0.2, 0.25) is 0 Å². The molecule has 2 N–H and O–H groups in total. The van der Waals surface area contributed by atoms with E-state index in [1.54, 1.807) is 6.92 Å². The third-order valence-electron chi connectivity index (χ3n) is 6.07. The van der Waals surface area contributed by atoms with E-state index in [9.17, 15) is 19.6 Å². The second kappa shape index (κ2) is 13.9. The maximum Gasteiger partial charge on any atom is 0.340 e. The number of allylic oxidation sites excluding steroid dienone is 2.